The van der Waals surface area contributed by atoms with E-state index in [1.54, 1.807) is 7.05 Å². The number of nitrogens with zero attached hydrogens (tertiary/aromatic N) is 1. The molecule has 0 aromatic heterocycles. The minimum atomic E-state index is -0.668. The molecule has 0 atom stereocenters. The molecule has 3 nitrogen and oxygen atoms in total. The van der Waals surface area contributed by atoms with Crippen LogP contribution in [0.3, 0.4) is 0 Å². The molecule has 0 aromatic rings. The van der Waals surface area contributed by atoms with Gasteiger partial charge >= 0.3 is 0 Å². The highest BCUT2D eigenvalue weighted by Gasteiger charge is 2.33. The van der Waals surface area contributed by atoms with E-state index in [0.717, 1.165) is 25.7 Å². The molecule has 0 unspecified atom stereocenters. The number of rotatable bonds is 3. The average Bonchev–Trinajstić information content (AvgIpc) is 2.52. The van der Waals surface area contributed by atoms with E-state index in [2.05, 4.69) is 5.92 Å². The number of hydrogen-bond donors (Lipinski definition) is 1. The fraction of sp³-hybridized carbons (Fsp3) is 0.727. The van der Waals surface area contributed by atoms with Gasteiger partial charge in [0.15, 0.2) is 0 Å². The fourth-order valence-electron chi connectivity index (χ4n) is 1.94. The monoisotopic (exact) mass is 195 g/mol. The van der Waals surface area contributed by atoms with Gasteiger partial charge in [-0.15, -0.1) is 6.42 Å². The quantitative estimate of drug-likeness (QED) is 0.676. The lowest BCUT2D eigenvalue weighted by Crippen LogP contribution is -2.41. The first kappa shape index (κ1) is 11.1. The Balaban J connectivity index is 2.43. The minimum absolute atomic E-state index is 0.0900. The lowest BCUT2D eigenvalue weighted by molar-refractivity contribution is -0.132. The standard InChI is InChI=1S/C11H17NO2/c1-3-6-10(13)12(2)9-11(14)7-4-5-8-11/h1,14H,4-9H2,2H3. The molecule has 3 heteroatoms. The number of terminal acetylenes is 1. The Morgan fingerprint density at radius 3 is 2.64 bits per heavy atom. The van der Waals surface area contributed by atoms with Crippen molar-refractivity contribution in [1.29, 1.82) is 0 Å². The molecule has 1 fully saturated rings. The summed E-state index contributed by atoms with van der Waals surface area (Å²) in [7, 11) is 1.69. The highest BCUT2D eigenvalue weighted by atomic mass is 16.3. The molecule has 0 bridgehead atoms. The van der Waals surface area contributed by atoms with Crippen molar-refractivity contribution in [3.63, 3.8) is 0 Å². The summed E-state index contributed by atoms with van der Waals surface area (Å²) >= 11 is 0. The van der Waals surface area contributed by atoms with Crippen LogP contribution in [0.5, 0.6) is 0 Å². The molecule has 0 spiro atoms. The molecule has 1 amide bonds. The third-order valence-electron chi connectivity index (χ3n) is 2.74. The second-order valence-corrected chi connectivity index (χ2v) is 4.06. The van der Waals surface area contributed by atoms with Gasteiger partial charge < -0.3 is 10.0 Å². The Morgan fingerprint density at radius 2 is 2.14 bits per heavy atom. The SMILES string of the molecule is C#CCC(=O)N(C)CC1(O)CCCC1. The molecule has 0 radical (unpaired) electrons. The van der Waals surface area contributed by atoms with Gasteiger partial charge in [0.1, 0.15) is 0 Å². The number of likely N-dealkylation sites (N-methyl/N-ethyl adjacent to an activating group) is 1. The van der Waals surface area contributed by atoms with Gasteiger partial charge in [0, 0.05) is 13.6 Å². The van der Waals surface area contributed by atoms with Crippen molar-refractivity contribution < 1.29 is 9.90 Å². The molecule has 0 heterocycles. The second kappa shape index (κ2) is 4.47. The Morgan fingerprint density at radius 1 is 1.57 bits per heavy atom. The Kier molecular flexibility index (Phi) is 3.54. The van der Waals surface area contributed by atoms with Crippen LogP contribution in [-0.4, -0.2) is 35.1 Å². The van der Waals surface area contributed by atoms with Crippen molar-refractivity contribution in [3.05, 3.63) is 0 Å². The van der Waals surface area contributed by atoms with Crippen LogP contribution < -0.4 is 0 Å². The predicted molar refractivity (Wildman–Crippen MR) is 54.5 cm³/mol. The number of carbonyl (C=O) groups excluding carboxylic acids is 1. The van der Waals surface area contributed by atoms with Gasteiger partial charge in [-0.3, -0.25) is 4.79 Å². The Bertz CT molecular complexity index is 249. The largest absolute Gasteiger partial charge is 0.388 e. The normalized spacial score (nSPS) is 18.9. The van der Waals surface area contributed by atoms with Crippen LogP contribution in [0.2, 0.25) is 0 Å². The van der Waals surface area contributed by atoms with E-state index < -0.39 is 5.60 Å². The maximum atomic E-state index is 11.3. The first-order valence-corrected chi connectivity index (χ1v) is 4.97. The summed E-state index contributed by atoms with van der Waals surface area (Å²) < 4.78 is 0. The summed E-state index contributed by atoms with van der Waals surface area (Å²) in [6.07, 6.45) is 8.85. The van der Waals surface area contributed by atoms with Crippen LogP contribution in [0.4, 0.5) is 0 Å². The van der Waals surface area contributed by atoms with E-state index in [-0.39, 0.29) is 12.3 Å². The third-order valence-corrected chi connectivity index (χ3v) is 2.74. The third kappa shape index (κ3) is 2.74. The van der Waals surface area contributed by atoms with Gasteiger partial charge in [0.2, 0.25) is 5.91 Å². The van der Waals surface area contributed by atoms with Crippen molar-refractivity contribution in [3.8, 4) is 12.3 Å². The summed E-state index contributed by atoms with van der Waals surface area (Å²) in [4.78, 5) is 12.9. The van der Waals surface area contributed by atoms with Crippen molar-refractivity contribution in [2.75, 3.05) is 13.6 Å². The Labute approximate surface area is 85.1 Å². The predicted octanol–water partition coefficient (Wildman–Crippen LogP) is 0.773. The topological polar surface area (TPSA) is 40.5 Å². The van der Waals surface area contributed by atoms with Crippen LogP contribution in [0.25, 0.3) is 0 Å². The zero-order valence-electron chi connectivity index (χ0n) is 8.62. The van der Waals surface area contributed by atoms with Crippen molar-refractivity contribution in [2.45, 2.75) is 37.7 Å². The molecule has 1 rings (SSSR count). The van der Waals surface area contributed by atoms with E-state index in [9.17, 15) is 9.90 Å². The molecule has 1 saturated carbocycles. The van der Waals surface area contributed by atoms with Crippen LogP contribution in [0.15, 0.2) is 0 Å². The molecular weight excluding hydrogens is 178 g/mol. The highest BCUT2D eigenvalue weighted by Crippen LogP contribution is 2.29. The van der Waals surface area contributed by atoms with Gasteiger partial charge in [-0.25, -0.2) is 0 Å². The minimum Gasteiger partial charge on any atom is -0.388 e. The number of hydrogen-bond acceptors (Lipinski definition) is 2. The Hall–Kier alpha value is -1.01. The molecule has 0 saturated heterocycles. The van der Waals surface area contributed by atoms with Gasteiger partial charge in [-0.05, 0) is 12.8 Å². The van der Waals surface area contributed by atoms with Crippen molar-refractivity contribution in [1.82, 2.24) is 4.90 Å². The van der Waals surface area contributed by atoms with Gasteiger partial charge in [0.05, 0.1) is 12.0 Å². The molecule has 1 aliphatic rings. The van der Waals surface area contributed by atoms with Crippen LogP contribution >= 0.6 is 0 Å². The molecular formula is C11H17NO2. The second-order valence-electron chi connectivity index (χ2n) is 4.06. The molecule has 0 aliphatic heterocycles. The molecule has 1 N–H and O–H groups in total. The van der Waals surface area contributed by atoms with E-state index in [1.165, 1.54) is 4.90 Å². The van der Waals surface area contributed by atoms with Gasteiger partial charge in [0.25, 0.3) is 0 Å². The summed E-state index contributed by atoms with van der Waals surface area (Å²) in [5.41, 5.74) is -0.668. The summed E-state index contributed by atoms with van der Waals surface area (Å²) in [5, 5.41) is 10.0. The molecule has 14 heavy (non-hydrogen) atoms. The lowest BCUT2D eigenvalue weighted by Gasteiger charge is -2.28. The van der Waals surface area contributed by atoms with E-state index >= 15 is 0 Å². The van der Waals surface area contributed by atoms with Crippen molar-refractivity contribution in [2.24, 2.45) is 0 Å². The molecule has 0 aromatic carbocycles. The zero-order valence-corrected chi connectivity index (χ0v) is 8.62. The summed E-state index contributed by atoms with van der Waals surface area (Å²) in [6, 6.07) is 0. The van der Waals surface area contributed by atoms with Crippen molar-refractivity contribution >= 4 is 5.91 Å². The maximum Gasteiger partial charge on any atom is 0.234 e. The summed E-state index contributed by atoms with van der Waals surface area (Å²) in [6.45, 7) is 0.410. The van der Waals surface area contributed by atoms with Crippen LogP contribution in [0.1, 0.15) is 32.1 Å². The summed E-state index contributed by atoms with van der Waals surface area (Å²) in [5.74, 6) is 2.22. The smallest absolute Gasteiger partial charge is 0.234 e. The highest BCUT2D eigenvalue weighted by molar-refractivity contribution is 5.78. The maximum absolute atomic E-state index is 11.3. The van der Waals surface area contributed by atoms with Gasteiger partial charge in [-0.2, -0.15) is 0 Å². The lowest BCUT2D eigenvalue weighted by atomic mass is 10.0. The van der Waals surface area contributed by atoms with E-state index in [0.29, 0.717) is 6.54 Å². The van der Waals surface area contributed by atoms with Crippen LogP contribution in [-0.2, 0) is 4.79 Å². The number of aliphatic hydroxyl groups is 1. The number of amides is 1. The first-order chi connectivity index (χ1) is 6.57. The molecule has 1 aliphatic carbocycles. The zero-order chi connectivity index (χ0) is 10.6. The first-order valence-electron chi connectivity index (χ1n) is 4.97. The van der Waals surface area contributed by atoms with Gasteiger partial charge in [-0.1, -0.05) is 18.8 Å². The molecule has 78 valence electrons. The number of carbonyl (C=O) groups is 1. The average molecular weight is 195 g/mol. The van der Waals surface area contributed by atoms with Crippen LogP contribution in [0, 0.1) is 12.3 Å². The van der Waals surface area contributed by atoms with E-state index in [1.807, 2.05) is 0 Å². The van der Waals surface area contributed by atoms with E-state index in [4.69, 9.17) is 6.42 Å². The fourth-order valence-corrected chi connectivity index (χ4v) is 1.94.